The molecule has 1 aliphatic rings. The Balaban J connectivity index is 1.58. The molecule has 0 spiro atoms. The molecule has 1 aliphatic carbocycles. The van der Waals surface area contributed by atoms with Crippen molar-refractivity contribution in [2.45, 2.75) is 18.0 Å². The number of aliphatic carboxylic acids is 1. The molecule has 1 unspecified atom stereocenters. The number of urea groups is 1. The van der Waals surface area contributed by atoms with Crippen molar-refractivity contribution in [2.24, 2.45) is 0 Å². The zero-order chi connectivity index (χ0) is 24.1. The van der Waals surface area contributed by atoms with Crippen LogP contribution in [0.4, 0.5) is 4.79 Å². The highest BCUT2D eigenvalue weighted by atomic mass is 32.2. The van der Waals surface area contributed by atoms with Crippen LogP contribution in [0.2, 0.25) is 0 Å². The van der Waals surface area contributed by atoms with E-state index in [1.807, 2.05) is 30.3 Å². The number of rotatable bonds is 8. The molecule has 2 amide bonds. The summed E-state index contributed by atoms with van der Waals surface area (Å²) in [6.45, 7) is 0. The van der Waals surface area contributed by atoms with E-state index in [1.54, 1.807) is 14.1 Å². The fourth-order valence-corrected chi connectivity index (χ4v) is 5.43. The molecule has 2 N–H and O–H groups in total. The zero-order valence-electron chi connectivity index (χ0n) is 19.3. The van der Waals surface area contributed by atoms with E-state index < -0.39 is 18.0 Å². The quantitative estimate of drug-likeness (QED) is 0.489. The summed E-state index contributed by atoms with van der Waals surface area (Å²) in [5.74, 6) is -0.0879. The molecule has 1 aromatic heterocycles. The van der Waals surface area contributed by atoms with E-state index in [-0.39, 0.29) is 11.3 Å². The Bertz CT molecular complexity index is 1230. The normalized spacial score (nSPS) is 18.4. The van der Waals surface area contributed by atoms with Crippen LogP contribution in [-0.2, 0) is 10.3 Å². The van der Waals surface area contributed by atoms with Crippen molar-refractivity contribution < 1.29 is 14.7 Å². The minimum Gasteiger partial charge on any atom is -0.480 e. The van der Waals surface area contributed by atoms with E-state index in [9.17, 15) is 14.7 Å². The maximum Gasteiger partial charge on any atom is 0.327 e. The molecule has 0 radical (unpaired) electrons. The second kappa shape index (κ2) is 10.2. The van der Waals surface area contributed by atoms with E-state index >= 15 is 0 Å². The number of aromatic nitrogens is 1. The van der Waals surface area contributed by atoms with E-state index in [0.29, 0.717) is 5.75 Å². The van der Waals surface area contributed by atoms with Crippen molar-refractivity contribution in [3.05, 3.63) is 90.7 Å². The van der Waals surface area contributed by atoms with Crippen LogP contribution in [0.1, 0.15) is 12.0 Å². The number of carbonyl (C=O) groups is 2. The predicted molar refractivity (Wildman–Crippen MR) is 139 cm³/mol. The van der Waals surface area contributed by atoms with Crippen LogP contribution in [-0.4, -0.2) is 58.2 Å². The third kappa shape index (κ3) is 5.04. The van der Waals surface area contributed by atoms with Crippen LogP contribution in [0, 0.1) is 0 Å². The lowest BCUT2D eigenvalue weighted by Crippen LogP contribution is -2.47. The first-order valence-corrected chi connectivity index (χ1v) is 12.3. The van der Waals surface area contributed by atoms with Gasteiger partial charge in [0.15, 0.2) is 0 Å². The lowest BCUT2D eigenvalue weighted by molar-refractivity contribution is -0.138. The summed E-state index contributed by atoms with van der Waals surface area (Å²) < 4.78 is 2.29. The predicted octanol–water partition coefficient (Wildman–Crippen LogP) is 4.84. The van der Waals surface area contributed by atoms with Crippen molar-refractivity contribution >= 4 is 40.2 Å². The molecular weight excluding hydrogens is 446 g/mol. The Hall–Kier alpha value is -3.45. The molecule has 2 atom stereocenters. The van der Waals surface area contributed by atoms with Crippen LogP contribution >= 0.6 is 11.8 Å². The number of fused-ring (bicyclic) bond motifs is 1. The monoisotopic (exact) mass is 475 g/mol. The minimum absolute atomic E-state index is 0.277. The SMILES string of the molecule is CN(C)C(=O)N[C@@H](CSCC1(n2ccc3ccccc32)C=CC(c2ccccc2)=CC1)C(=O)O. The number of hydrogen-bond acceptors (Lipinski definition) is 3. The largest absolute Gasteiger partial charge is 0.480 e. The summed E-state index contributed by atoms with van der Waals surface area (Å²) in [6.07, 6.45) is 9.55. The average Bonchev–Trinajstić information content (AvgIpc) is 3.29. The number of benzene rings is 2. The number of nitrogens with one attached hydrogen (secondary N) is 1. The number of carboxylic acid groups (broad SMARTS) is 1. The highest BCUT2D eigenvalue weighted by molar-refractivity contribution is 7.99. The lowest BCUT2D eigenvalue weighted by Gasteiger charge is -2.35. The molecule has 4 rings (SSSR count). The number of para-hydroxylation sites is 1. The standard InChI is InChI=1S/C27H29N3O3S/c1-29(2)26(33)28-23(25(31)32)18-34-19-27(30-17-14-22-10-6-7-11-24(22)30)15-12-21(13-16-27)20-8-4-3-5-9-20/h3-15,17,23H,16,18-19H2,1-2H3,(H,28,33)(H,31,32)/t23-,27?/m0/s1. The van der Waals surface area contributed by atoms with Gasteiger partial charge in [-0.15, -0.1) is 0 Å². The fraction of sp³-hybridized carbons (Fsp3) is 0.259. The van der Waals surface area contributed by atoms with Crippen LogP contribution in [0.5, 0.6) is 0 Å². The van der Waals surface area contributed by atoms with Gasteiger partial charge >= 0.3 is 12.0 Å². The van der Waals surface area contributed by atoms with Crippen molar-refractivity contribution in [3.8, 4) is 0 Å². The van der Waals surface area contributed by atoms with Gasteiger partial charge in [-0.2, -0.15) is 11.8 Å². The molecule has 1 heterocycles. The summed E-state index contributed by atoms with van der Waals surface area (Å²) >= 11 is 1.54. The number of amides is 2. The van der Waals surface area contributed by atoms with Crippen molar-refractivity contribution in [2.75, 3.05) is 25.6 Å². The van der Waals surface area contributed by atoms with Gasteiger partial charge in [0.05, 0.1) is 5.54 Å². The maximum absolute atomic E-state index is 12.0. The molecule has 0 bridgehead atoms. The molecule has 6 nitrogen and oxygen atoms in total. The van der Waals surface area contributed by atoms with Gasteiger partial charge in [-0.1, -0.05) is 66.8 Å². The number of thioether (sulfide) groups is 1. The summed E-state index contributed by atoms with van der Waals surface area (Å²) in [5.41, 5.74) is 3.15. The molecule has 7 heteroatoms. The molecule has 0 saturated heterocycles. The number of carboxylic acids is 1. The van der Waals surface area contributed by atoms with Gasteiger partial charge in [-0.05, 0) is 35.1 Å². The maximum atomic E-state index is 12.0. The highest BCUT2D eigenvalue weighted by Crippen LogP contribution is 2.37. The lowest BCUT2D eigenvalue weighted by atomic mass is 9.87. The molecule has 0 fully saturated rings. The van der Waals surface area contributed by atoms with Gasteiger partial charge in [0, 0.05) is 37.3 Å². The van der Waals surface area contributed by atoms with Gasteiger partial charge in [-0.25, -0.2) is 9.59 Å². The Morgan fingerprint density at radius 3 is 2.53 bits per heavy atom. The summed E-state index contributed by atoms with van der Waals surface area (Å²) in [4.78, 5) is 25.1. The molecule has 0 aliphatic heterocycles. The van der Waals surface area contributed by atoms with Gasteiger partial charge < -0.3 is 19.9 Å². The summed E-state index contributed by atoms with van der Waals surface area (Å²) in [6, 6.07) is 19.3. The van der Waals surface area contributed by atoms with Crippen molar-refractivity contribution in [1.82, 2.24) is 14.8 Å². The van der Waals surface area contributed by atoms with Crippen LogP contribution in [0.25, 0.3) is 16.5 Å². The highest BCUT2D eigenvalue weighted by Gasteiger charge is 2.32. The van der Waals surface area contributed by atoms with Gasteiger partial charge in [0.25, 0.3) is 0 Å². The third-order valence-corrected chi connectivity index (χ3v) is 7.35. The molecule has 0 saturated carbocycles. The number of nitrogens with zero attached hydrogens (tertiary/aromatic N) is 2. The summed E-state index contributed by atoms with van der Waals surface area (Å²) in [7, 11) is 3.19. The molecule has 34 heavy (non-hydrogen) atoms. The van der Waals surface area contributed by atoms with Crippen LogP contribution in [0.15, 0.2) is 85.1 Å². The molecule has 2 aromatic carbocycles. The summed E-state index contributed by atoms with van der Waals surface area (Å²) in [5, 5.41) is 13.4. The molecule has 176 valence electrons. The Kier molecular flexibility index (Phi) is 7.12. The first kappa shape index (κ1) is 23.7. The fourth-order valence-electron chi connectivity index (χ4n) is 4.15. The second-order valence-corrected chi connectivity index (χ2v) is 9.69. The number of carbonyl (C=O) groups excluding carboxylic acids is 1. The Labute approximate surface area is 203 Å². The number of hydrogen-bond donors (Lipinski definition) is 2. The number of allylic oxidation sites excluding steroid dienone is 4. The molecule has 3 aromatic rings. The van der Waals surface area contributed by atoms with E-state index in [4.69, 9.17) is 0 Å². The van der Waals surface area contributed by atoms with Crippen LogP contribution < -0.4 is 5.32 Å². The van der Waals surface area contributed by atoms with E-state index in [2.05, 4.69) is 64.6 Å². The van der Waals surface area contributed by atoms with Crippen molar-refractivity contribution in [1.29, 1.82) is 0 Å². The third-order valence-electron chi connectivity index (χ3n) is 6.07. The molecular formula is C27H29N3O3S. The van der Waals surface area contributed by atoms with Gasteiger partial charge in [0.2, 0.25) is 0 Å². The van der Waals surface area contributed by atoms with Gasteiger partial charge in [-0.3, -0.25) is 0 Å². The smallest absolute Gasteiger partial charge is 0.327 e. The van der Waals surface area contributed by atoms with E-state index in [1.165, 1.54) is 33.2 Å². The van der Waals surface area contributed by atoms with Crippen LogP contribution in [0.3, 0.4) is 0 Å². The average molecular weight is 476 g/mol. The minimum atomic E-state index is -1.03. The zero-order valence-corrected chi connectivity index (χ0v) is 20.2. The first-order valence-electron chi connectivity index (χ1n) is 11.2. The topological polar surface area (TPSA) is 74.6 Å². The Morgan fingerprint density at radius 1 is 1.12 bits per heavy atom. The Morgan fingerprint density at radius 2 is 1.85 bits per heavy atom. The second-order valence-electron chi connectivity index (χ2n) is 8.66. The van der Waals surface area contributed by atoms with Crippen molar-refractivity contribution in [3.63, 3.8) is 0 Å². The first-order chi connectivity index (χ1) is 16.4. The van der Waals surface area contributed by atoms with Gasteiger partial charge in [0.1, 0.15) is 6.04 Å². The van der Waals surface area contributed by atoms with E-state index in [0.717, 1.165) is 11.9 Å².